The van der Waals surface area contributed by atoms with Gasteiger partial charge >= 0.3 is 0 Å². The van der Waals surface area contributed by atoms with E-state index in [1.807, 2.05) is 0 Å². The van der Waals surface area contributed by atoms with Crippen LogP contribution in [0.3, 0.4) is 0 Å². The molecule has 0 aliphatic heterocycles. The third-order valence-corrected chi connectivity index (χ3v) is 1.59. The van der Waals surface area contributed by atoms with E-state index in [0.717, 1.165) is 19.3 Å². The lowest BCUT2D eigenvalue weighted by Crippen LogP contribution is -2.33. The van der Waals surface area contributed by atoms with Gasteiger partial charge in [0, 0.05) is 0 Å². The van der Waals surface area contributed by atoms with E-state index in [1.54, 1.807) is 6.08 Å². The Balaban J connectivity index is 2.53. The molecule has 0 atom stereocenters. The largest absolute Gasteiger partial charge is 0.385 e. The normalized spacial score (nSPS) is 23.1. The van der Waals surface area contributed by atoms with E-state index in [2.05, 4.69) is 12.3 Å². The van der Waals surface area contributed by atoms with Crippen LogP contribution in [0.1, 0.15) is 19.3 Å². The first-order valence-corrected chi connectivity index (χ1v) is 2.86. The van der Waals surface area contributed by atoms with Gasteiger partial charge in [0.2, 0.25) is 0 Å². The Bertz CT molecular complexity index is 127. The van der Waals surface area contributed by atoms with E-state index in [1.165, 1.54) is 0 Å². The first kappa shape index (κ1) is 5.61. The van der Waals surface area contributed by atoms with Crippen molar-refractivity contribution in [3.05, 3.63) is 18.4 Å². The number of hydrogen-bond acceptors (Lipinski definition) is 1. The lowest BCUT2D eigenvalue weighted by atomic mass is 9.80. The second-order valence-corrected chi connectivity index (χ2v) is 2.31. The van der Waals surface area contributed by atoms with Gasteiger partial charge in [-0.05, 0) is 25.3 Å². The van der Waals surface area contributed by atoms with Crippen molar-refractivity contribution < 1.29 is 5.11 Å². The standard InChI is InChI=1S/C7H10O/c1-2-4-7(8)5-3-6-7/h4,8H,1,3,5-6H2. The Morgan fingerprint density at radius 3 is 2.38 bits per heavy atom. The van der Waals surface area contributed by atoms with Gasteiger partial charge in [0.25, 0.3) is 0 Å². The zero-order valence-corrected chi connectivity index (χ0v) is 4.85. The van der Waals surface area contributed by atoms with Crippen molar-refractivity contribution >= 4 is 0 Å². The highest BCUT2D eigenvalue weighted by atomic mass is 16.3. The molecule has 1 aliphatic rings. The summed E-state index contributed by atoms with van der Waals surface area (Å²) in [6, 6.07) is 0. The van der Waals surface area contributed by atoms with Crippen molar-refractivity contribution in [2.45, 2.75) is 24.9 Å². The number of rotatable bonds is 1. The molecule has 1 N–H and O–H groups in total. The second kappa shape index (κ2) is 1.77. The van der Waals surface area contributed by atoms with Crippen molar-refractivity contribution in [1.29, 1.82) is 0 Å². The fourth-order valence-electron chi connectivity index (χ4n) is 0.873. The molecule has 0 aromatic carbocycles. The summed E-state index contributed by atoms with van der Waals surface area (Å²) in [7, 11) is 0. The number of hydrogen-bond donors (Lipinski definition) is 1. The highest BCUT2D eigenvalue weighted by Crippen LogP contribution is 2.31. The Morgan fingerprint density at radius 2 is 2.25 bits per heavy atom. The van der Waals surface area contributed by atoms with E-state index < -0.39 is 5.60 Å². The van der Waals surface area contributed by atoms with Crippen LogP contribution in [-0.4, -0.2) is 10.7 Å². The van der Waals surface area contributed by atoms with E-state index in [9.17, 15) is 5.11 Å². The summed E-state index contributed by atoms with van der Waals surface area (Å²) in [5, 5.41) is 9.25. The molecule has 0 aromatic heterocycles. The summed E-state index contributed by atoms with van der Waals surface area (Å²) in [6.07, 6.45) is 4.55. The maximum absolute atomic E-state index is 9.25. The van der Waals surface area contributed by atoms with Gasteiger partial charge in [0.05, 0.1) is 5.60 Å². The van der Waals surface area contributed by atoms with Crippen LogP contribution in [-0.2, 0) is 0 Å². The Hall–Kier alpha value is -0.520. The molecule has 0 aromatic rings. The van der Waals surface area contributed by atoms with Crippen LogP contribution >= 0.6 is 0 Å². The van der Waals surface area contributed by atoms with Crippen molar-refractivity contribution in [2.24, 2.45) is 0 Å². The van der Waals surface area contributed by atoms with Gasteiger partial charge in [-0.25, -0.2) is 0 Å². The molecule has 44 valence electrons. The van der Waals surface area contributed by atoms with Gasteiger partial charge in [-0.15, -0.1) is 5.73 Å². The predicted molar refractivity (Wildman–Crippen MR) is 32.5 cm³/mol. The first-order valence-electron chi connectivity index (χ1n) is 2.86. The quantitative estimate of drug-likeness (QED) is 0.503. The van der Waals surface area contributed by atoms with Crippen LogP contribution in [0.2, 0.25) is 0 Å². The summed E-state index contributed by atoms with van der Waals surface area (Å²) >= 11 is 0. The Labute approximate surface area is 49.3 Å². The predicted octanol–water partition coefficient (Wildman–Crippen LogP) is 1.24. The zero-order chi connectivity index (χ0) is 6.04. The summed E-state index contributed by atoms with van der Waals surface area (Å²) < 4.78 is 0. The zero-order valence-electron chi connectivity index (χ0n) is 4.85. The Morgan fingerprint density at radius 1 is 1.62 bits per heavy atom. The molecule has 0 spiro atoms. The van der Waals surface area contributed by atoms with Crippen molar-refractivity contribution in [2.75, 3.05) is 0 Å². The second-order valence-electron chi connectivity index (χ2n) is 2.31. The van der Waals surface area contributed by atoms with Gasteiger partial charge in [-0.3, -0.25) is 0 Å². The molecule has 1 rings (SSSR count). The fourth-order valence-corrected chi connectivity index (χ4v) is 0.873. The van der Waals surface area contributed by atoms with E-state index >= 15 is 0 Å². The molecular weight excluding hydrogens is 100 g/mol. The topological polar surface area (TPSA) is 20.2 Å². The van der Waals surface area contributed by atoms with Crippen LogP contribution in [0, 0.1) is 0 Å². The molecule has 1 saturated carbocycles. The van der Waals surface area contributed by atoms with Crippen LogP contribution in [0.25, 0.3) is 0 Å². The van der Waals surface area contributed by atoms with Crippen LogP contribution in [0.15, 0.2) is 18.4 Å². The average Bonchev–Trinajstić information content (AvgIpc) is 1.64. The van der Waals surface area contributed by atoms with Crippen molar-refractivity contribution in [3.63, 3.8) is 0 Å². The highest BCUT2D eigenvalue weighted by Gasteiger charge is 2.30. The molecule has 1 fully saturated rings. The fraction of sp³-hybridized carbons (Fsp3) is 0.571. The molecule has 0 heterocycles. The summed E-state index contributed by atoms with van der Waals surface area (Å²) in [6.45, 7) is 3.39. The molecule has 1 nitrogen and oxygen atoms in total. The maximum atomic E-state index is 9.25. The average molecular weight is 110 g/mol. The maximum Gasteiger partial charge on any atom is 0.0900 e. The van der Waals surface area contributed by atoms with Crippen LogP contribution in [0.4, 0.5) is 0 Å². The molecule has 0 saturated heterocycles. The summed E-state index contributed by atoms with van der Waals surface area (Å²) in [5.74, 6) is 0. The van der Waals surface area contributed by atoms with Gasteiger partial charge in [0.1, 0.15) is 0 Å². The minimum atomic E-state index is -0.526. The van der Waals surface area contributed by atoms with Crippen molar-refractivity contribution in [3.8, 4) is 0 Å². The van der Waals surface area contributed by atoms with E-state index in [4.69, 9.17) is 0 Å². The molecule has 0 unspecified atom stereocenters. The summed E-state index contributed by atoms with van der Waals surface area (Å²) in [5.41, 5.74) is 2.06. The molecule has 8 heavy (non-hydrogen) atoms. The first-order chi connectivity index (χ1) is 3.77. The van der Waals surface area contributed by atoms with Gasteiger partial charge in [-0.1, -0.05) is 6.58 Å². The van der Waals surface area contributed by atoms with Gasteiger partial charge < -0.3 is 5.11 Å². The SMILES string of the molecule is C=C=CC1(O)CCC1. The minimum Gasteiger partial charge on any atom is -0.385 e. The van der Waals surface area contributed by atoms with Crippen molar-refractivity contribution in [1.82, 2.24) is 0 Å². The molecule has 1 aliphatic carbocycles. The highest BCUT2D eigenvalue weighted by molar-refractivity contribution is 5.03. The number of aliphatic hydroxyl groups is 1. The molecule has 0 radical (unpaired) electrons. The molecule has 1 heteroatoms. The molecule has 0 amide bonds. The van der Waals surface area contributed by atoms with Crippen LogP contribution < -0.4 is 0 Å². The van der Waals surface area contributed by atoms with Crippen LogP contribution in [0.5, 0.6) is 0 Å². The monoisotopic (exact) mass is 110 g/mol. The lowest BCUT2D eigenvalue weighted by Gasteiger charge is -2.32. The molecular formula is C7H10O. The van der Waals surface area contributed by atoms with Gasteiger partial charge in [-0.2, -0.15) is 0 Å². The van der Waals surface area contributed by atoms with E-state index in [-0.39, 0.29) is 0 Å². The summed E-state index contributed by atoms with van der Waals surface area (Å²) in [4.78, 5) is 0. The Kier molecular flexibility index (Phi) is 1.24. The smallest absolute Gasteiger partial charge is 0.0900 e. The third-order valence-electron chi connectivity index (χ3n) is 1.59. The van der Waals surface area contributed by atoms with Gasteiger partial charge in [0.15, 0.2) is 0 Å². The molecule has 0 bridgehead atoms. The minimum absolute atomic E-state index is 0.526. The third kappa shape index (κ3) is 0.835. The van der Waals surface area contributed by atoms with E-state index in [0.29, 0.717) is 0 Å². The lowest BCUT2D eigenvalue weighted by molar-refractivity contribution is 0.0144.